The van der Waals surface area contributed by atoms with E-state index in [1.807, 2.05) is 0 Å². The zero-order chi connectivity index (χ0) is 10.5. The molecule has 0 aromatic carbocycles. The number of rotatable bonds is 7. The second kappa shape index (κ2) is 5.86. The molecular weight excluding hydrogens is 184 g/mol. The summed E-state index contributed by atoms with van der Waals surface area (Å²) in [5.41, 5.74) is 0. The summed E-state index contributed by atoms with van der Waals surface area (Å²) in [6.45, 7) is 6.22. The van der Waals surface area contributed by atoms with E-state index in [1.165, 1.54) is 64.6 Å². The third-order valence-corrected chi connectivity index (χ3v) is 3.73. The SMILES string of the molecule is CCCN(CCCC1CCCN1)C1CC1. The molecule has 1 heterocycles. The molecule has 1 atom stereocenters. The monoisotopic (exact) mass is 210 g/mol. The van der Waals surface area contributed by atoms with Crippen molar-refractivity contribution < 1.29 is 0 Å². The van der Waals surface area contributed by atoms with Crippen molar-refractivity contribution in [3.63, 3.8) is 0 Å². The maximum Gasteiger partial charge on any atom is 0.00964 e. The lowest BCUT2D eigenvalue weighted by Gasteiger charge is -2.21. The first-order valence-corrected chi connectivity index (χ1v) is 6.87. The van der Waals surface area contributed by atoms with E-state index in [4.69, 9.17) is 0 Å². The topological polar surface area (TPSA) is 15.3 Å². The lowest BCUT2D eigenvalue weighted by Crippen LogP contribution is -2.29. The Morgan fingerprint density at radius 2 is 2.07 bits per heavy atom. The molecule has 1 saturated heterocycles. The van der Waals surface area contributed by atoms with Crippen LogP contribution >= 0.6 is 0 Å². The fourth-order valence-corrected chi connectivity index (χ4v) is 2.75. The van der Waals surface area contributed by atoms with E-state index in [0.29, 0.717) is 0 Å². The van der Waals surface area contributed by atoms with Crippen molar-refractivity contribution >= 4 is 0 Å². The van der Waals surface area contributed by atoms with Crippen LogP contribution in [0.15, 0.2) is 0 Å². The Hall–Kier alpha value is -0.0800. The van der Waals surface area contributed by atoms with Gasteiger partial charge in [0, 0.05) is 12.1 Å². The standard InChI is InChI=1S/C13H26N2/c1-2-10-15(13-7-8-13)11-4-6-12-5-3-9-14-12/h12-14H,2-11H2,1H3. The second-order valence-electron chi connectivity index (χ2n) is 5.20. The third kappa shape index (κ3) is 3.76. The second-order valence-corrected chi connectivity index (χ2v) is 5.20. The van der Waals surface area contributed by atoms with Crippen LogP contribution in [0.25, 0.3) is 0 Å². The summed E-state index contributed by atoms with van der Waals surface area (Å²) in [7, 11) is 0. The molecule has 1 N–H and O–H groups in total. The highest BCUT2D eigenvalue weighted by Crippen LogP contribution is 2.27. The van der Waals surface area contributed by atoms with Crippen molar-refractivity contribution in [2.75, 3.05) is 19.6 Å². The molecule has 0 aromatic heterocycles. The number of hydrogen-bond donors (Lipinski definition) is 1. The quantitative estimate of drug-likeness (QED) is 0.694. The summed E-state index contributed by atoms with van der Waals surface area (Å²) < 4.78 is 0. The molecule has 0 aromatic rings. The van der Waals surface area contributed by atoms with Gasteiger partial charge in [0.1, 0.15) is 0 Å². The Kier molecular flexibility index (Phi) is 4.45. The number of nitrogens with one attached hydrogen (secondary N) is 1. The predicted octanol–water partition coefficient (Wildman–Crippen LogP) is 2.39. The average molecular weight is 210 g/mol. The zero-order valence-electron chi connectivity index (χ0n) is 10.2. The van der Waals surface area contributed by atoms with Crippen molar-refractivity contribution in [2.24, 2.45) is 0 Å². The van der Waals surface area contributed by atoms with Gasteiger partial charge in [-0.05, 0) is 64.6 Å². The first-order chi connectivity index (χ1) is 7.40. The zero-order valence-corrected chi connectivity index (χ0v) is 10.2. The Balaban J connectivity index is 1.57. The molecule has 0 radical (unpaired) electrons. The molecule has 1 aliphatic heterocycles. The molecule has 2 aliphatic rings. The molecule has 2 heteroatoms. The fraction of sp³-hybridized carbons (Fsp3) is 1.00. The number of nitrogens with zero attached hydrogens (tertiary/aromatic N) is 1. The van der Waals surface area contributed by atoms with Gasteiger partial charge in [0.25, 0.3) is 0 Å². The van der Waals surface area contributed by atoms with Crippen molar-refractivity contribution in [3.05, 3.63) is 0 Å². The van der Waals surface area contributed by atoms with Crippen LogP contribution in [0.3, 0.4) is 0 Å². The van der Waals surface area contributed by atoms with Crippen molar-refractivity contribution in [2.45, 2.75) is 64.0 Å². The van der Waals surface area contributed by atoms with Crippen LogP contribution in [0, 0.1) is 0 Å². The van der Waals surface area contributed by atoms with Crippen LogP contribution in [0.5, 0.6) is 0 Å². The first-order valence-electron chi connectivity index (χ1n) is 6.87. The van der Waals surface area contributed by atoms with Crippen LogP contribution in [0.1, 0.15) is 51.9 Å². The maximum absolute atomic E-state index is 3.59. The summed E-state index contributed by atoms with van der Waals surface area (Å²) in [5, 5.41) is 3.59. The minimum absolute atomic E-state index is 0.840. The normalized spacial score (nSPS) is 26.4. The highest BCUT2D eigenvalue weighted by atomic mass is 15.2. The van der Waals surface area contributed by atoms with Gasteiger partial charge in [0.15, 0.2) is 0 Å². The Bertz CT molecular complexity index is 171. The molecule has 88 valence electrons. The van der Waals surface area contributed by atoms with Crippen molar-refractivity contribution in [3.8, 4) is 0 Å². The van der Waals surface area contributed by atoms with Crippen LogP contribution in [0.4, 0.5) is 0 Å². The van der Waals surface area contributed by atoms with E-state index in [-0.39, 0.29) is 0 Å². The molecule has 2 fully saturated rings. The van der Waals surface area contributed by atoms with Gasteiger partial charge >= 0.3 is 0 Å². The van der Waals surface area contributed by atoms with Crippen LogP contribution in [-0.4, -0.2) is 36.6 Å². The van der Waals surface area contributed by atoms with Gasteiger partial charge in [0.05, 0.1) is 0 Å². The fourth-order valence-electron chi connectivity index (χ4n) is 2.75. The molecule has 1 unspecified atom stereocenters. The summed E-state index contributed by atoms with van der Waals surface area (Å²) in [4.78, 5) is 2.72. The summed E-state index contributed by atoms with van der Waals surface area (Å²) in [6.07, 6.45) is 9.84. The molecule has 0 amide bonds. The van der Waals surface area contributed by atoms with Gasteiger partial charge in [-0.2, -0.15) is 0 Å². The third-order valence-electron chi connectivity index (χ3n) is 3.73. The Morgan fingerprint density at radius 3 is 2.67 bits per heavy atom. The summed E-state index contributed by atoms with van der Waals surface area (Å²) in [6, 6.07) is 1.80. The molecule has 15 heavy (non-hydrogen) atoms. The summed E-state index contributed by atoms with van der Waals surface area (Å²) in [5.74, 6) is 0. The van der Waals surface area contributed by atoms with Crippen molar-refractivity contribution in [1.82, 2.24) is 10.2 Å². The van der Waals surface area contributed by atoms with Crippen LogP contribution in [-0.2, 0) is 0 Å². The van der Waals surface area contributed by atoms with Gasteiger partial charge in [-0.1, -0.05) is 6.92 Å². The molecule has 2 rings (SSSR count). The van der Waals surface area contributed by atoms with E-state index in [9.17, 15) is 0 Å². The lowest BCUT2D eigenvalue weighted by molar-refractivity contribution is 0.254. The molecule has 2 nitrogen and oxygen atoms in total. The van der Waals surface area contributed by atoms with Gasteiger partial charge in [0.2, 0.25) is 0 Å². The van der Waals surface area contributed by atoms with E-state index in [0.717, 1.165) is 12.1 Å². The van der Waals surface area contributed by atoms with Gasteiger partial charge < -0.3 is 10.2 Å². The smallest absolute Gasteiger partial charge is 0.00964 e. The van der Waals surface area contributed by atoms with E-state index in [2.05, 4.69) is 17.1 Å². The molecule has 0 spiro atoms. The lowest BCUT2D eigenvalue weighted by atomic mass is 10.1. The predicted molar refractivity (Wildman–Crippen MR) is 65.1 cm³/mol. The molecule has 0 bridgehead atoms. The largest absolute Gasteiger partial charge is 0.314 e. The maximum atomic E-state index is 3.59. The van der Waals surface area contributed by atoms with Gasteiger partial charge in [-0.15, -0.1) is 0 Å². The number of hydrogen-bond acceptors (Lipinski definition) is 2. The Morgan fingerprint density at radius 1 is 1.20 bits per heavy atom. The minimum atomic E-state index is 0.840. The van der Waals surface area contributed by atoms with E-state index < -0.39 is 0 Å². The minimum Gasteiger partial charge on any atom is -0.314 e. The molecule has 1 aliphatic carbocycles. The van der Waals surface area contributed by atoms with Crippen LogP contribution in [0.2, 0.25) is 0 Å². The first kappa shape index (κ1) is 11.4. The molecular formula is C13H26N2. The van der Waals surface area contributed by atoms with Crippen LogP contribution < -0.4 is 5.32 Å². The van der Waals surface area contributed by atoms with Crippen molar-refractivity contribution in [1.29, 1.82) is 0 Å². The highest BCUT2D eigenvalue weighted by Gasteiger charge is 2.27. The Labute approximate surface area is 94.4 Å². The molecule has 1 saturated carbocycles. The highest BCUT2D eigenvalue weighted by molar-refractivity contribution is 4.84. The van der Waals surface area contributed by atoms with Gasteiger partial charge in [-0.25, -0.2) is 0 Å². The summed E-state index contributed by atoms with van der Waals surface area (Å²) >= 11 is 0. The average Bonchev–Trinajstić information content (AvgIpc) is 2.96. The van der Waals surface area contributed by atoms with E-state index in [1.54, 1.807) is 0 Å². The van der Waals surface area contributed by atoms with E-state index >= 15 is 0 Å². The van der Waals surface area contributed by atoms with Gasteiger partial charge in [-0.3, -0.25) is 0 Å².